The summed E-state index contributed by atoms with van der Waals surface area (Å²) < 4.78 is 28.1. The molecule has 118 valence electrons. The lowest BCUT2D eigenvalue weighted by Gasteiger charge is -2.33. The number of aliphatic hydroxyl groups is 1. The summed E-state index contributed by atoms with van der Waals surface area (Å²) in [6.45, 7) is 3.36. The maximum Gasteiger partial charge on any atom is 0.282 e. The van der Waals surface area contributed by atoms with Crippen LogP contribution in [0.2, 0.25) is 0 Å². The van der Waals surface area contributed by atoms with Crippen LogP contribution in [0, 0.1) is 12.8 Å². The SMILES string of the molecule is Cc1cccc(CN(C)S(=O)(=O)N2CCCC(CO)C2)c1. The van der Waals surface area contributed by atoms with Crippen LogP contribution in [0.4, 0.5) is 0 Å². The molecule has 0 bridgehead atoms. The summed E-state index contributed by atoms with van der Waals surface area (Å²) in [6.07, 6.45) is 1.70. The van der Waals surface area contributed by atoms with Crippen LogP contribution in [0.5, 0.6) is 0 Å². The second-order valence-electron chi connectivity index (χ2n) is 5.80. The van der Waals surface area contributed by atoms with Gasteiger partial charge in [-0.05, 0) is 31.2 Å². The number of nitrogens with zero attached hydrogens (tertiary/aromatic N) is 2. The molecule has 1 saturated heterocycles. The molecule has 6 heteroatoms. The molecule has 1 N–H and O–H groups in total. The van der Waals surface area contributed by atoms with Gasteiger partial charge < -0.3 is 5.11 Å². The molecule has 0 amide bonds. The van der Waals surface area contributed by atoms with Crippen LogP contribution in [0.25, 0.3) is 0 Å². The molecule has 1 aromatic carbocycles. The van der Waals surface area contributed by atoms with Crippen molar-refractivity contribution in [3.05, 3.63) is 35.4 Å². The molecule has 0 aromatic heterocycles. The first-order valence-electron chi connectivity index (χ1n) is 7.31. The van der Waals surface area contributed by atoms with Gasteiger partial charge in [-0.1, -0.05) is 29.8 Å². The Balaban J connectivity index is 2.07. The highest BCUT2D eigenvalue weighted by Gasteiger charge is 2.31. The Morgan fingerprint density at radius 1 is 1.43 bits per heavy atom. The summed E-state index contributed by atoms with van der Waals surface area (Å²) in [7, 11) is -1.85. The van der Waals surface area contributed by atoms with Gasteiger partial charge in [0.25, 0.3) is 10.2 Å². The number of benzene rings is 1. The molecule has 1 atom stereocenters. The van der Waals surface area contributed by atoms with Crippen molar-refractivity contribution in [2.24, 2.45) is 5.92 Å². The summed E-state index contributed by atoms with van der Waals surface area (Å²) in [5, 5.41) is 9.24. The van der Waals surface area contributed by atoms with Crippen molar-refractivity contribution in [2.75, 3.05) is 26.7 Å². The van der Waals surface area contributed by atoms with Gasteiger partial charge in [-0.2, -0.15) is 17.0 Å². The smallest absolute Gasteiger partial charge is 0.282 e. The zero-order chi connectivity index (χ0) is 15.5. The van der Waals surface area contributed by atoms with Gasteiger partial charge in [0.2, 0.25) is 0 Å². The minimum atomic E-state index is -3.46. The molecule has 0 radical (unpaired) electrons. The predicted molar refractivity (Wildman–Crippen MR) is 82.9 cm³/mol. The number of aryl methyl sites for hydroxylation is 1. The van der Waals surface area contributed by atoms with E-state index in [2.05, 4.69) is 0 Å². The number of hydrogen-bond donors (Lipinski definition) is 1. The van der Waals surface area contributed by atoms with E-state index in [1.54, 1.807) is 7.05 Å². The van der Waals surface area contributed by atoms with Gasteiger partial charge in [0.1, 0.15) is 0 Å². The van der Waals surface area contributed by atoms with Crippen molar-refractivity contribution < 1.29 is 13.5 Å². The Kier molecular flexibility index (Phi) is 5.37. The molecule has 5 nitrogen and oxygen atoms in total. The van der Waals surface area contributed by atoms with Crippen molar-refractivity contribution >= 4 is 10.2 Å². The van der Waals surface area contributed by atoms with Crippen LogP contribution in [-0.2, 0) is 16.8 Å². The quantitative estimate of drug-likeness (QED) is 0.893. The van der Waals surface area contributed by atoms with E-state index < -0.39 is 10.2 Å². The second-order valence-corrected chi connectivity index (χ2v) is 7.84. The standard InChI is InChI=1S/C15H24N2O3S/c1-13-5-3-6-14(9-13)10-16(2)21(19,20)17-8-4-7-15(11-17)12-18/h3,5-6,9,15,18H,4,7-8,10-12H2,1-2H3. The van der Waals surface area contributed by atoms with E-state index in [9.17, 15) is 13.5 Å². The Labute approximate surface area is 127 Å². The fourth-order valence-electron chi connectivity index (χ4n) is 2.73. The van der Waals surface area contributed by atoms with Crippen LogP contribution in [0.15, 0.2) is 24.3 Å². The topological polar surface area (TPSA) is 60.9 Å². The van der Waals surface area contributed by atoms with Crippen molar-refractivity contribution in [1.29, 1.82) is 0 Å². The van der Waals surface area contributed by atoms with Gasteiger partial charge in [-0.25, -0.2) is 0 Å². The normalized spacial score (nSPS) is 20.9. The van der Waals surface area contributed by atoms with Crippen molar-refractivity contribution in [2.45, 2.75) is 26.3 Å². The molecular weight excluding hydrogens is 288 g/mol. The Morgan fingerprint density at radius 3 is 2.86 bits per heavy atom. The largest absolute Gasteiger partial charge is 0.396 e. The molecule has 1 aliphatic heterocycles. The zero-order valence-corrected chi connectivity index (χ0v) is 13.5. The minimum absolute atomic E-state index is 0.0492. The summed E-state index contributed by atoms with van der Waals surface area (Å²) in [4.78, 5) is 0. The zero-order valence-electron chi connectivity index (χ0n) is 12.7. The van der Waals surface area contributed by atoms with E-state index in [1.807, 2.05) is 31.2 Å². The lowest BCUT2D eigenvalue weighted by Crippen LogP contribution is -2.47. The summed E-state index contributed by atoms with van der Waals surface area (Å²) >= 11 is 0. The summed E-state index contributed by atoms with van der Waals surface area (Å²) in [6, 6.07) is 7.87. The Bertz CT molecular complexity index is 574. The summed E-state index contributed by atoms with van der Waals surface area (Å²) in [5.41, 5.74) is 2.11. The van der Waals surface area contributed by atoms with E-state index in [0.29, 0.717) is 19.6 Å². The van der Waals surface area contributed by atoms with E-state index in [-0.39, 0.29) is 12.5 Å². The third-order valence-electron chi connectivity index (χ3n) is 3.95. The van der Waals surface area contributed by atoms with Crippen LogP contribution in [-0.4, -0.2) is 48.9 Å². The third-order valence-corrected chi connectivity index (χ3v) is 5.85. The molecule has 21 heavy (non-hydrogen) atoms. The van der Waals surface area contributed by atoms with Gasteiger partial charge in [-0.15, -0.1) is 0 Å². The van der Waals surface area contributed by atoms with Crippen molar-refractivity contribution in [3.63, 3.8) is 0 Å². The van der Waals surface area contributed by atoms with Crippen molar-refractivity contribution in [3.8, 4) is 0 Å². The maximum absolute atomic E-state index is 12.6. The Hall–Kier alpha value is -0.950. The fourth-order valence-corrected chi connectivity index (χ4v) is 4.20. The highest BCUT2D eigenvalue weighted by molar-refractivity contribution is 7.86. The number of hydrogen-bond acceptors (Lipinski definition) is 3. The second kappa shape index (κ2) is 6.87. The molecule has 1 aromatic rings. The lowest BCUT2D eigenvalue weighted by atomic mass is 10.0. The van der Waals surface area contributed by atoms with Gasteiger partial charge in [0.15, 0.2) is 0 Å². The number of piperidine rings is 1. The molecular formula is C15H24N2O3S. The van der Waals surface area contributed by atoms with Gasteiger partial charge in [0, 0.05) is 33.3 Å². The number of aliphatic hydroxyl groups excluding tert-OH is 1. The fraction of sp³-hybridized carbons (Fsp3) is 0.600. The van der Waals surface area contributed by atoms with E-state index in [4.69, 9.17) is 0 Å². The lowest BCUT2D eigenvalue weighted by molar-refractivity contribution is 0.161. The highest BCUT2D eigenvalue weighted by Crippen LogP contribution is 2.21. The molecule has 1 heterocycles. The average Bonchev–Trinajstić information content (AvgIpc) is 2.47. The van der Waals surface area contributed by atoms with Gasteiger partial charge in [-0.3, -0.25) is 0 Å². The van der Waals surface area contributed by atoms with Crippen LogP contribution >= 0.6 is 0 Å². The minimum Gasteiger partial charge on any atom is -0.396 e. The Morgan fingerprint density at radius 2 is 2.19 bits per heavy atom. The van der Waals surface area contributed by atoms with Crippen LogP contribution in [0.1, 0.15) is 24.0 Å². The van der Waals surface area contributed by atoms with E-state index in [0.717, 1.165) is 24.0 Å². The van der Waals surface area contributed by atoms with Gasteiger partial charge >= 0.3 is 0 Å². The molecule has 1 aliphatic rings. The first-order chi connectivity index (χ1) is 9.93. The average molecular weight is 312 g/mol. The maximum atomic E-state index is 12.6. The molecule has 1 unspecified atom stereocenters. The first-order valence-corrected chi connectivity index (χ1v) is 8.71. The molecule has 0 spiro atoms. The molecule has 1 fully saturated rings. The summed E-state index contributed by atoms with van der Waals surface area (Å²) in [5.74, 6) is 0.0564. The van der Waals surface area contributed by atoms with E-state index >= 15 is 0 Å². The monoisotopic (exact) mass is 312 g/mol. The highest BCUT2D eigenvalue weighted by atomic mass is 32.2. The molecule has 2 rings (SSSR count). The first kappa shape index (κ1) is 16.4. The van der Waals surface area contributed by atoms with Gasteiger partial charge in [0.05, 0.1) is 0 Å². The number of rotatable bonds is 5. The van der Waals surface area contributed by atoms with E-state index in [1.165, 1.54) is 8.61 Å². The molecule has 0 saturated carbocycles. The van der Waals surface area contributed by atoms with Crippen LogP contribution < -0.4 is 0 Å². The predicted octanol–water partition coefficient (Wildman–Crippen LogP) is 1.38. The third kappa shape index (κ3) is 4.03. The van der Waals surface area contributed by atoms with Crippen molar-refractivity contribution in [1.82, 2.24) is 8.61 Å². The molecule has 0 aliphatic carbocycles. The van der Waals surface area contributed by atoms with Crippen LogP contribution in [0.3, 0.4) is 0 Å².